The molecule has 1 heterocycles. The Bertz CT molecular complexity index is 598. The van der Waals surface area contributed by atoms with Crippen molar-refractivity contribution in [3.05, 3.63) is 56.7 Å². The van der Waals surface area contributed by atoms with Crippen LogP contribution in [0.3, 0.4) is 0 Å². The Morgan fingerprint density at radius 3 is 2.30 bits per heavy atom. The molecule has 0 aliphatic heterocycles. The summed E-state index contributed by atoms with van der Waals surface area (Å²) in [4.78, 5) is 4.21. The number of halogens is 5. The molecule has 0 atom stereocenters. The van der Waals surface area contributed by atoms with Gasteiger partial charge in [0.1, 0.15) is 0 Å². The molecular formula is C13H9Br2F3N2. The third-order valence-corrected chi connectivity index (χ3v) is 3.68. The molecule has 0 aliphatic carbocycles. The first-order chi connectivity index (χ1) is 9.36. The second-order valence-electron chi connectivity index (χ2n) is 4.01. The number of pyridine rings is 1. The molecule has 1 aromatic heterocycles. The summed E-state index contributed by atoms with van der Waals surface area (Å²) in [6.45, 7) is 0.416. The number of hydrogen-bond donors (Lipinski definition) is 1. The molecule has 0 radical (unpaired) electrons. The topological polar surface area (TPSA) is 24.9 Å². The van der Waals surface area contributed by atoms with Crippen LogP contribution < -0.4 is 5.32 Å². The van der Waals surface area contributed by atoms with Gasteiger partial charge in [-0.15, -0.1) is 0 Å². The fourth-order valence-electron chi connectivity index (χ4n) is 1.54. The number of benzene rings is 1. The van der Waals surface area contributed by atoms with Crippen molar-refractivity contribution >= 4 is 37.5 Å². The summed E-state index contributed by atoms with van der Waals surface area (Å²) in [6.07, 6.45) is -2.65. The minimum Gasteiger partial charge on any atom is -0.379 e. The van der Waals surface area contributed by atoms with Crippen LogP contribution in [0, 0.1) is 0 Å². The van der Waals surface area contributed by atoms with Gasteiger partial charge < -0.3 is 5.32 Å². The Kier molecular flexibility index (Phi) is 4.70. The molecule has 0 fully saturated rings. The molecule has 1 N–H and O–H groups in total. The van der Waals surface area contributed by atoms with Gasteiger partial charge in [-0.1, -0.05) is 0 Å². The van der Waals surface area contributed by atoms with E-state index in [2.05, 4.69) is 42.2 Å². The van der Waals surface area contributed by atoms with E-state index in [1.165, 1.54) is 12.1 Å². The van der Waals surface area contributed by atoms with Crippen LogP contribution in [0.15, 0.2) is 45.5 Å². The number of rotatable bonds is 3. The molecular weight excluding hydrogens is 401 g/mol. The third-order valence-electron chi connectivity index (χ3n) is 2.56. The largest absolute Gasteiger partial charge is 0.416 e. The van der Waals surface area contributed by atoms with Crippen LogP contribution in [0.2, 0.25) is 0 Å². The van der Waals surface area contributed by atoms with Crippen LogP contribution in [-0.4, -0.2) is 4.98 Å². The number of anilines is 1. The van der Waals surface area contributed by atoms with Crippen molar-refractivity contribution in [2.24, 2.45) is 0 Å². The Balaban J connectivity index is 2.04. The predicted octanol–water partition coefficient (Wildman–Crippen LogP) is 5.24. The van der Waals surface area contributed by atoms with Crippen LogP contribution >= 0.6 is 31.9 Å². The van der Waals surface area contributed by atoms with Gasteiger partial charge in [0, 0.05) is 20.8 Å². The number of aromatic nitrogens is 1. The number of hydrogen-bond acceptors (Lipinski definition) is 2. The van der Waals surface area contributed by atoms with Crippen molar-refractivity contribution in [2.45, 2.75) is 12.7 Å². The highest BCUT2D eigenvalue weighted by molar-refractivity contribution is 9.11. The van der Waals surface area contributed by atoms with E-state index in [0.717, 1.165) is 26.8 Å². The fourth-order valence-corrected chi connectivity index (χ4v) is 2.66. The third kappa shape index (κ3) is 3.96. The SMILES string of the molecule is FC(F)(F)c1ccc(NCc2ncc(Br)cc2Br)cc1. The van der Waals surface area contributed by atoms with Gasteiger partial charge in [0.05, 0.1) is 17.8 Å². The van der Waals surface area contributed by atoms with Gasteiger partial charge in [-0.05, 0) is 62.2 Å². The Hall–Kier alpha value is -1.08. The smallest absolute Gasteiger partial charge is 0.379 e. The summed E-state index contributed by atoms with van der Waals surface area (Å²) in [7, 11) is 0. The lowest BCUT2D eigenvalue weighted by Gasteiger charge is -2.10. The first-order valence-electron chi connectivity index (χ1n) is 5.57. The van der Waals surface area contributed by atoms with Crippen LogP contribution in [0.5, 0.6) is 0 Å². The summed E-state index contributed by atoms with van der Waals surface area (Å²) >= 11 is 6.68. The van der Waals surface area contributed by atoms with E-state index in [9.17, 15) is 13.2 Å². The Morgan fingerprint density at radius 1 is 1.10 bits per heavy atom. The number of nitrogens with one attached hydrogen (secondary N) is 1. The summed E-state index contributed by atoms with van der Waals surface area (Å²) < 4.78 is 38.9. The first kappa shape index (κ1) is 15.3. The molecule has 2 nitrogen and oxygen atoms in total. The van der Waals surface area contributed by atoms with E-state index in [1.54, 1.807) is 6.20 Å². The van der Waals surface area contributed by atoms with Crippen LogP contribution in [0.4, 0.5) is 18.9 Å². The van der Waals surface area contributed by atoms with Crippen molar-refractivity contribution in [3.8, 4) is 0 Å². The van der Waals surface area contributed by atoms with Crippen molar-refractivity contribution in [1.82, 2.24) is 4.98 Å². The second-order valence-corrected chi connectivity index (χ2v) is 5.78. The summed E-state index contributed by atoms with van der Waals surface area (Å²) in [5.41, 5.74) is 0.716. The lowest BCUT2D eigenvalue weighted by atomic mass is 10.2. The molecule has 106 valence electrons. The molecule has 2 rings (SSSR count). The zero-order valence-corrected chi connectivity index (χ0v) is 13.2. The molecule has 2 aromatic rings. The fraction of sp³-hybridized carbons (Fsp3) is 0.154. The maximum Gasteiger partial charge on any atom is 0.416 e. The van der Waals surface area contributed by atoms with Gasteiger partial charge in [-0.3, -0.25) is 4.98 Å². The van der Waals surface area contributed by atoms with E-state index >= 15 is 0 Å². The lowest BCUT2D eigenvalue weighted by molar-refractivity contribution is -0.137. The molecule has 0 saturated carbocycles. The molecule has 0 spiro atoms. The average Bonchev–Trinajstić information content (AvgIpc) is 2.37. The highest BCUT2D eigenvalue weighted by atomic mass is 79.9. The van der Waals surface area contributed by atoms with E-state index in [0.29, 0.717) is 12.2 Å². The summed E-state index contributed by atoms with van der Waals surface area (Å²) in [5, 5.41) is 3.02. The molecule has 7 heteroatoms. The minimum atomic E-state index is -4.31. The first-order valence-corrected chi connectivity index (χ1v) is 7.16. The van der Waals surface area contributed by atoms with Gasteiger partial charge in [0.15, 0.2) is 0 Å². The van der Waals surface area contributed by atoms with Crippen molar-refractivity contribution in [3.63, 3.8) is 0 Å². The van der Waals surface area contributed by atoms with Crippen LogP contribution in [0.1, 0.15) is 11.3 Å². The van der Waals surface area contributed by atoms with Crippen molar-refractivity contribution in [1.29, 1.82) is 0 Å². The Morgan fingerprint density at radius 2 is 1.75 bits per heavy atom. The zero-order chi connectivity index (χ0) is 14.8. The van der Waals surface area contributed by atoms with E-state index in [-0.39, 0.29) is 0 Å². The van der Waals surface area contributed by atoms with Gasteiger partial charge in [0.25, 0.3) is 0 Å². The quantitative estimate of drug-likeness (QED) is 0.749. The van der Waals surface area contributed by atoms with Crippen LogP contribution in [0.25, 0.3) is 0 Å². The molecule has 1 aromatic carbocycles. The maximum atomic E-state index is 12.4. The summed E-state index contributed by atoms with van der Waals surface area (Å²) in [6, 6.07) is 6.75. The maximum absolute atomic E-state index is 12.4. The lowest BCUT2D eigenvalue weighted by Crippen LogP contribution is -2.06. The number of alkyl halides is 3. The van der Waals surface area contributed by atoms with Gasteiger partial charge in [-0.25, -0.2) is 0 Å². The summed E-state index contributed by atoms with van der Waals surface area (Å²) in [5.74, 6) is 0. The van der Waals surface area contributed by atoms with Crippen LogP contribution in [-0.2, 0) is 12.7 Å². The van der Waals surface area contributed by atoms with Crippen molar-refractivity contribution in [2.75, 3.05) is 5.32 Å². The highest BCUT2D eigenvalue weighted by Crippen LogP contribution is 2.30. The van der Waals surface area contributed by atoms with Gasteiger partial charge in [0.2, 0.25) is 0 Å². The Labute approximate surface area is 130 Å². The van der Waals surface area contributed by atoms with E-state index in [1.807, 2.05) is 6.07 Å². The van der Waals surface area contributed by atoms with Crippen molar-refractivity contribution < 1.29 is 13.2 Å². The molecule has 0 amide bonds. The standard InChI is InChI=1S/C13H9Br2F3N2/c14-9-5-11(15)12(20-6-9)7-19-10-3-1-8(2-4-10)13(16,17)18/h1-6,19H,7H2. The average molecular weight is 410 g/mol. The minimum absolute atomic E-state index is 0.416. The predicted molar refractivity (Wildman–Crippen MR) is 78.4 cm³/mol. The highest BCUT2D eigenvalue weighted by Gasteiger charge is 2.29. The van der Waals surface area contributed by atoms with Gasteiger partial charge >= 0.3 is 6.18 Å². The molecule has 0 saturated heterocycles. The second kappa shape index (κ2) is 6.13. The number of nitrogens with zero attached hydrogens (tertiary/aromatic N) is 1. The molecule has 20 heavy (non-hydrogen) atoms. The van der Waals surface area contributed by atoms with E-state index in [4.69, 9.17) is 0 Å². The molecule has 0 unspecified atom stereocenters. The van der Waals surface area contributed by atoms with Gasteiger partial charge in [-0.2, -0.15) is 13.2 Å². The van der Waals surface area contributed by atoms with E-state index < -0.39 is 11.7 Å². The zero-order valence-electron chi connectivity index (χ0n) is 10.0. The monoisotopic (exact) mass is 408 g/mol. The molecule has 0 aliphatic rings. The molecule has 0 bridgehead atoms. The normalized spacial score (nSPS) is 11.4.